The minimum Gasteiger partial charge on any atom is -0.342 e. The smallest absolute Gasteiger partial charge is 0.222 e. The van der Waals surface area contributed by atoms with Gasteiger partial charge in [-0.25, -0.2) is 0 Å². The molecule has 1 aliphatic heterocycles. The lowest BCUT2D eigenvalue weighted by Crippen LogP contribution is -2.26. The summed E-state index contributed by atoms with van der Waals surface area (Å²) in [6.07, 6.45) is 7.67. The van der Waals surface area contributed by atoms with E-state index in [-0.39, 0.29) is 0 Å². The number of amides is 1. The summed E-state index contributed by atoms with van der Waals surface area (Å²) in [7, 11) is 0. The van der Waals surface area contributed by atoms with Crippen LogP contribution >= 0.6 is 0 Å². The number of rotatable bonds is 6. The Morgan fingerprint density at radius 3 is 3.00 bits per heavy atom. The molecule has 2 heterocycles. The highest BCUT2D eigenvalue weighted by Gasteiger charge is 2.29. The molecule has 1 amide bonds. The summed E-state index contributed by atoms with van der Waals surface area (Å²) in [5, 5.41) is 0. The van der Waals surface area contributed by atoms with Gasteiger partial charge in [0.15, 0.2) is 0 Å². The van der Waals surface area contributed by atoms with Gasteiger partial charge >= 0.3 is 0 Å². The largest absolute Gasteiger partial charge is 0.342 e. The maximum absolute atomic E-state index is 11.9. The lowest BCUT2D eigenvalue weighted by molar-refractivity contribution is -0.127. The van der Waals surface area contributed by atoms with Gasteiger partial charge in [-0.3, -0.25) is 9.78 Å². The van der Waals surface area contributed by atoms with Gasteiger partial charge < -0.3 is 4.90 Å². The van der Waals surface area contributed by atoms with E-state index in [9.17, 15) is 4.79 Å². The molecule has 2 rings (SSSR count). The standard InChI is InChI=1S/C16H24N2O/c1-13(2)9-15-10-16(19)18(12-15)8-4-6-14-5-3-7-17-11-14/h3,5,7,11,13,15H,4,6,8-10,12H2,1-2H3. The van der Waals surface area contributed by atoms with E-state index in [1.165, 1.54) is 12.0 Å². The van der Waals surface area contributed by atoms with Gasteiger partial charge in [-0.05, 0) is 42.7 Å². The summed E-state index contributed by atoms with van der Waals surface area (Å²) in [5.74, 6) is 1.61. The van der Waals surface area contributed by atoms with Gasteiger partial charge in [-0.1, -0.05) is 19.9 Å². The van der Waals surface area contributed by atoms with Crippen LogP contribution in [0.3, 0.4) is 0 Å². The highest BCUT2D eigenvalue weighted by molar-refractivity contribution is 5.78. The van der Waals surface area contributed by atoms with Crippen molar-refractivity contribution in [3.63, 3.8) is 0 Å². The summed E-state index contributed by atoms with van der Waals surface area (Å²) in [6, 6.07) is 4.06. The van der Waals surface area contributed by atoms with E-state index in [0.29, 0.717) is 17.7 Å². The van der Waals surface area contributed by atoms with Crippen molar-refractivity contribution in [3.8, 4) is 0 Å². The van der Waals surface area contributed by atoms with Gasteiger partial charge in [0.2, 0.25) is 5.91 Å². The Hall–Kier alpha value is -1.38. The summed E-state index contributed by atoms with van der Waals surface area (Å²) in [6.45, 7) is 6.32. The van der Waals surface area contributed by atoms with Crippen molar-refractivity contribution in [1.29, 1.82) is 0 Å². The fourth-order valence-electron chi connectivity index (χ4n) is 2.91. The third-order valence-electron chi connectivity index (χ3n) is 3.72. The van der Waals surface area contributed by atoms with Gasteiger partial charge in [0.1, 0.15) is 0 Å². The lowest BCUT2D eigenvalue weighted by atomic mass is 9.96. The normalized spacial score (nSPS) is 19.4. The minimum absolute atomic E-state index is 0.344. The lowest BCUT2D eigenvalue weighted by Gasteiger charge is -2.17. The Morgan fingerprint density at radius 1 is 1.47 bits per heavy atom. The Labute approximate surface area is 116 Å². The monoisotopic (exact) mass is 260 g/mol. The number of hydrogen-bond acceptors (Lipinski definition) is 2. The third-order valence-corrected chi connectivity index (χ3v) is 3.72. The number of carbonyl (C=O) groups is 1. The minimum atomic E-state index is 0.344. The number of pyridine rings is 1. The average Bonchev–Trinajstić information content (AvgIpc) is 2.70. The molecule has 0 spiro atoms. The highest BCUT2D eigenvalue weighted by atomic mass is 16.2. The molecule has 0 aliphatic carbocycles. The van der Waals surface area contributed by atoms with Crippen molar-refractivity contribution >= 4 is 5.91 Å². The quantitative estimate of drug-likeness (QED) is 0.788. The molecule has 1 aromatic heterocycles. The number of nitrogens with zero attached hydrogens (tertiary/aromatic N) is 2. The zero-order valence-electron chi connectivity index (χ0n) is 12.0. The van der Waals surface area contributed by atoms with Gasteiger partial charge in [-0.2, -0.15) is 0 Å². The van der Waals surface area contributed by atoms with Crippen LogP contribution in [0.25, 0.3) is 0 Å². The van der Waals surface area contributed by atoms with E-state index < -0.39 is 0 Å². The van der Waals surface area contributed by atoms with E-state index in [1.54, 1.807) is 6.20 Å². The van der Waals surface area contributed by atoms with Crippen LogP contribution in [0.15, 0.2) is 24.5 Å². The van der Waals surface area contributed by atoms with Crippen molar-refractivity contribution in [1.82, 2.24) is 9.88 Å². The molecule has 1 unspecified atom stereocenters. The highest BCUT2D eigenvalue weighted by Crippen LogP contribution is 2.24. The molecule has 1 atom stereocenters. The molecular weight excluding hydrogens is 236 g/mol. The molecule has 1 saturated heterocycles. The molecule has 0 aromatic carbocycles. The second-order valence-corrected chi connectivity index (χ2v) is 6.00. The first-order valence-corrected chi connectivity index (χ1v) is 7.32. The first kappa shape index (κ1) is 14.0. The van der Waals surface area contributed by atoms with E-state index in [0.717, 1.165) is 32.4 Å². The summed E-state index contributed by atoms with van der Waals surface area (Å²) < 4.78 is 0. The fourth-order valence-corrected chi connectivity index (χ4v) is 2.91. The van der Waals surface area contributed by atoms with E-state index in [1.807, 2.05) is 17.2 Å². The first-order chi connectivity index (χ1) is 9.15. The fraction of sp³-hybridized carbons (Fsp3) is 0.625. The molecule has 1 aliphatic rings. The topological polar surface area (TPSA) is 33.2 Å². The number of aryl methyl sites for hydroxylation is 1. The Kier molecular flexibility index (Phi) is 4.94. The van der Waals surface area contributed by atoms with Crippen molar-refractivity contribution in [2.45, 2.75) is 39.5 Å². The van der Waals surface area contributed by atoms with Gasteiger partial charge in [0.05, 0.1) is 0 Å². The Bertz CT molecular complexity index is 402. The van der Waals surface area contributed by atoms with E-state index >= 15 is 0 Å². The average molecular weight is 260 g/mol. The SMILES string of the molecule is CC(C)CC1CC(=O)N(CCCc2cccnc2)C1. The Balaban J connectivity index is 1.73. The summed E-state index contributed by atoms with van der Waals surface area (Å²) in [5.41, 5.74) is 1.26. The van der Waals surface area contributed by atoms with Crippen molar-refractivity contribution in [3.05, 3.63) is 30.1 Å². The molecule has 0 N–H and O–H groups in total. The first-order valence-electron chi connectivity index (χ1n) is 7.32. The molecule has 104 valence electrons. The van der Waals surface area contributed by atoms with Crippen molar-refractivity contribution in [2.75, 3.05) is 13.1 Å². The summed E-state index contributed by atoms with van der Waals surface area (Å²) >= 11 is 0. The van der Waals surface area contributed by atoms with Crippen LogP contribution in [0.5, 0.6) is 0 Å². The van der Waals surface area contributed by atoms with Crippen LogP contribution in [0, 0.1) is 11.8 Å². The van der Waals surface area contributed by atoms with Gasteiger partial charge in [0, 0.05) is 31.9 Å². The third kappa shape index (κ3) is 4.34. The van der Waals surface area contributed by atoms with Crippen molar-refractivity contribution < 1.29 is 4.79 Å². The van der Waals surface area contributed by atoms with Crippen LogP contribution in [0.1, 0.15) is 38.7 Å². The molecule has 0 saturated carbocycles. The van der Waals surface area contributed by atoms with Crippen LogP contribution in [-0.2, 0) is 11.2 Å². The molecule has 3 heteroatoms. The van der Waals surface area contributed by atoms with Crippen molar-refractivity contribution in [2.24, 2.45) is 11.8 Å². The zero-order chi connectivity index (χ0) is 13.7. The van der Waals surface area contributed by atoms with Crippen LogP contribution in [-0.4, -0.2) is 28.9 Å². The molecule has 3 nitrogen and oxygen atoms in total. The van der Waals surface area contributed by atoms with Gasteiger partial charge in [0.25, 0.3) is 0 Å². The maximum atomic E-state index is 11.9. The molecule has 1 fully saturated rings. The maximum Gasteiger partial charge on any atom is 0.222 e. The van der Waals surface area contributed by atoms with E-state index in [2.05, 4.69) is 24.9 Å². The molecule has 1 aromatic rings. The number of aromatic nitrogens is 1. The molecule has 0 radical (unpaired) electrons. The number of carbonyl (C=O) groups excluding carboxylic acids is 1. The second kappa shape index (κ2) is 6.69. The van der Waals surface area contributed by atoms with Gasteiger partial charge in [-0.15, -0.1) is 0 Å². The number of hydrogen-bond donors (Lipinski definition) is 0. The van der Waals surface area contributed by atoms with E-state index in [4.69, 9.17) is 0 Å². The Morgan fingerprint density at radius 2 is 2.32 bits per heavy atom. The molecule has 19 heavy (non-hydrogen) atoms. The molecule has 0 bridgehead atoms. The predicted octanol–water partition coefficient (Wildman–Crippen LogP) is 2.91. The molecular formula is C16H24N2O. The zero-order valence-corrected chi connectivity index (χ0v) is 12.0. The number of likely N-dealkylation sites (tertiary alicyclic amines) is 1. The summed E-state index contributed by atoms with van der Waals surface area (Å²) in [4.78, 5) is 18.1. The van der Waals surface area contributed by atoms with Crippen LogP contribution in [0.2, 0.25) is 0 Å². The second-order valence-electron chi connectivity index (χ2n) is 6.00. The predicted molar refractivity (Wildman–Crippen MR) is 76.7 cm³/mol. The van der Waals surface area contributed by atoms with Crippen LogP contribution in [0.4, 0.5) is 0 Å². The van der Waals surface area contributed by atoms with Crippen LogP contribution < -0.4 is 0 Å².